The number of pyridine rings is 2. The Hall–Kier alpha value is -9.96. The Morgan fingerprint density at radius 3 is 1.31 bits per heavy atom. The standard InChI is InChI=1S/C43H53N5O8S.C38H44N4O9S/c1-6-28-25-43(28,41(52)46-57(53,54)31-16-17-31)45-39(50)36-22-30(26-48(36)40(51)33(42(2,3)4)23-38(49)47-19-11-8-12-20-47)56-37-24-34(27-13-9-7-10-14-27)44-35-21-29(55-5)15-18-32(35)37;1-6-23-20-38(23,36(47)41-52(48,49)26-13-14-26)40-34(45)31-17-25(21-42(31)35(46)28(18-33(43)44)37(2,3)4)51-32-19-29(22-10-8-7-9-11-22)39-30-16-24(50-5)12-15-27(30)32/h6-7,9-10,13-15,18,21,24,28,30-31,33,36H,1,8,11-12,16-17,19-20,22-23,25-26H2,2-5H3,(H,45,50)(H,46,52);6-12,15-16,19,23,25-26,28,31H,1,13-14,17-18,20-21H2,2-5H3,(H,40,45)(H,41,47)(H,43,44)/t28?,30-,33-,36+,43?;23?,25-,28-,31+,38?/m11/s1. The van der Waals surface area contributed by atoms with E-state index in [4.69, 9.17) is 28.9 Å². The Labute approximate surface area is 635 Å². The largest absolute Gasteiger partial charge is 0.497 e. The molecule has 3 saturated heterocycles. The number of benzene rings is 4. The molecule has 109 heavy (non-hydrogen) atoms. The monoisotopic (exact) mass is 1530 g/mol. The molecular formula is C81H97N9O17S2. The van der Waals surface area contributed by atoms with Gasteiger partial charge in [0.2, 0.25) is 49.6 Å². The van der Waals surface area contributed by atoms with Crippen LogP contribution < -0.4 is 39.0 Å². The van der Waals surface area contributed by atoms with Gasteiger partial charge in [-0.3, -0.25) is 47.8 Å². The number of carboxylic acids is 1. The molecule has 7 fully saturated rings. The maximum atomic E-state index is 14.9. The van der Waals surface area contributed by atoms with Gasteiger partial charge in [-0.2, -0.15) is 0 Å². The molecule has 3 aliphatic heterocycles. The molecule has 580 valence electrons. The second kappa shape index (κ2) is 31.2. The maximum absolute atomic E-state index is 14.9. The van der Waals surface area contributed by atoms with Gasteiger partial charge in [0.1, 0.15) is 58.4 Å². The van der Waals surface area contributed by atoms with Crippen molar-refractivity contribution in [3.05, 3.63) is 135 Å². The van der Waals surface area contributed by atoms with Gasteiger partial charge in [-0.25, -0.2) is 26.8 Å². The zero-order valence-corrected chi connectivity index (χ0v) is 64.4. The predicted octanol–water partition coefficient (Wildman–Crippen LogP) is 9.06. The molecule has 6 aromatic rings. The Morgan fingerprint density at radius 2 is 0.963 bits per heavy atom. The van der Waals surface area contributed by atoms with Gasteiger partial charge in [0.05, 0.1) is 78.5 Å². The Bertz CT molecular complexity index is 4790. The number of fused-ring (bicyclic) bond motifs is 2. The Balaban J connectivity index is 0.000000204. The molecule has 26 nitrogen and oxygen atoms in total. The highest BCUT2D eigenvalue weighted by Crippen LogP contribution is 2.48. The van der Waals surface area contributed by atoms with Gasteiger partial charge in [0, 0.05) is 90.4 Å². The van der Waals surface area contributed by atoms with Crippen molar-refractivity contribution in [1.82, 2.24) is 44.7 Å². The van der Waals surface area contributed by atoms with Crippen LogP contribution in [0.2, 0.25) is 0 Å². The van der Waals surface area contributed by atoms with E-state index in [1.807, 2.05) is 117 Å². The van der Waals surface area contributed by atoms with Crippen LogP contribution in [0.25, 0.3) is 44.3 Å². The summed E-state index contributed by atoms with van der Waals surface area (Å²) in [7, 11) is -4.66. The summed E-state index contributed by atoms with van der Waals surface area (Å²) in [5.41, 5.74) is -0.286. The third-order valence-corrected chi connectivity index (χ3v) is 25.7. The molecule has 28 heteroatoms. The molecule has 7 aliphatic rings. The number of nitrogens with zero attached hydrogens (tertiary/aromatic N) is 5. The van der Waals surface area contributed by atoms with E-state index >= 15 is 0 Å². The van der Waals surface area contributed by atoms with Crippen molar-refractivity contribution < 1.29 is 79.2 Å². The molecule has 10 atom stereocenters. The van der Waals surface area contributed by atoms with Crippen molar-refractivity contribution in [2.75, 3.05) is 40.4 Å². The zero-order valence-electron chi connectivity index (χ0n) is 62.8. The highest BCUT2D eigenvalue weighted by molar-refractivity contribution is 7.91. The average Bonchev–Trinajstić information content (AvgIpc) is 1.57. The number of hydrogen-bond donors (Lipinski definition) is 5. The first-order valence-electron chi connectivity index (χ1n) is 37.2. The van der Waals surface area contributed by atoms with Crippen LogP contribution in [0.15, 0.2) is 135 Å². The lowest BCUT2D eigenvalue weighted by Crippen LogP contribution is -2.57. The molecule has 7 amide bonds. The molecular weight excluding hydrogens is 1440 g/mol. The number of hydrogen-bond acceptors (Lipinski definition) is 18. The number of likely N-dealkylation sites (tertiary alicyclic amines) is 3. The molecule has 0 bridgehead atoms. The van der Waals surface area contributed by atoms with Gasteiger partial charge in [-0.15, -0.1) is 13.2 Å². The van der Waals surface area contributed by atoms with E-state index < -0.39 is 142 Å². The summed E-state index contributed by atoms with van der Waals surface area (Å²) >= 11 is 0. The first kappa shape index (κ1) is 78.6. The minimum Gasteiger partial charge on any atom is -0.497 e. The van der Waals surface area contributed by atoms with Crippen molar-refractivity contribution in [2.24, 2.45) is 34.5 Å². The second-order valence-corrected chi connectivity index (χ2v) is 35.8. The molecule has 13 rings (SSSR count). The van der Waals surface area contributed by atoms with Crippen LogP contribution in [-0.2, 0) is 58.4 Å². The van der Waals surface area contributed by atoms with Crippen LogP contribution in [0.4, 0.5) is 0 Å². The number of methoxy groups -OCH3 is 2. The second-order valence-electron chi connectivity index (χ2n) is 31.9. The zero-order chi connectivity index (χ0) is 78.3. The van der Waals surface area contributed by atoms with E-state index in [-0.39, 0.29) is 57.0 Å². The maximum Gasteiger partial charge on any atom is 0.304 e. The fraction of sp³-hybridized carbons (Fsp3) is 0.481. The molecule has 4 aliphatic carbocycles. The molecule has 0 spiro atoms. The van der Waals surface area contributed by atoms with Crippen LogP contribution in [0.5, 0.6) is 23.0 Å². The van der Waals surface area contributed by atoms with Gasteiger partial charge < -0.3 is 49.4 Å². The lowest BCUT2D eigenvalue weighted by atomic mass is 9.77. The quantitative estimate of drug-likeness (QED) is 0.0316. The van der Waals surface area contributed by atoms with E-state index in [1.165, 1.54) is 22.0 Å². The molecule has 5 N–H and O–H groups in total. The third-order valence-electron chi connectivity index (χ3n) is 22.0. The fourth-order valence-corrected chi connectivity index (χ4v) is 17.7. The van der Waals surface area contributed by atoms with E-state index in [0.29, 0.717) is 95.0 Å². The summed E-state index contributed by atoms with van der Waals surface area (Å²) in [5, 5.41) is 15.5. The number of carboxylic acid groups (broad SMARTS) is 1. The first-order chi connectivity index (χ1) is 51.7. The number of nitrogens with one attached hydrogen (secondary N) is 4. The summed E-state index contributed by atoms with van der Waals surface area (Å²) < 4.78 is 79.6. The fourth-order valence-electron chi connectivity index (χ4n) is 15.0. The van der Waals surface area contributed by atoms with E-state index in [9.17, 15) is 60.3 Å². The number of rotatable bonds is 26. The van der Waals surface area contributed by atoms with Gasteiger partial charge in [0.15, 0.2) is 0 Å². The Morgan fingerprint density at radius 1 is 0.569 bits per heavy atom. The normalized spacial score (nSPS) is 23.7. The van der Waals surface area contributed by atoms with Crippen LogP contribution in [0, 0.1) is 34.5 Å². The Kier molecular flexibility index (Phi) is 22.5. The molecule has 4 aromatic carbocycles. The first-order valence-corrected chi connectivity index (χ1v) is 40.3. The molecule has 0 radical (unpaired) electrons. The number of carbonyl (C=O) groups excluding carboxylic acids is 7. The lowest BCUT2D eigenvalue weighted by Gasteiger charge is -2.36. The highest BCUT2D eigenvalue weighted by atomic mass is 32.2. The van der Waals surface area contributed by atoms with Gasteiger partial charge in [-0.05, 0) is 92.9 Å². The lowest BCUT2D eigenvalue weighted by molar-refractivity contribution is -0.150. The van der Waals surface area contributed by atoms with Crippen LogP contribution >= 0.6 is 0 Å². The molecule has 5 heterocycles. The van der Waals surface area contributed by atoms with Crippen molar-refractivity contribution in [1.29, 1.82) is 0 Å². The summed E-state index contributed by atoms with van der Waals surface area (Å²) in [5.74, 6) is -5.73. The third kappa shape index (κ3) is 17.4. The smallest absolute Gasteiger partial charge is 0.304 e. The number of aliphatic carboxylic acids is 1. The number of aromatic nitrogens is 2. The van der Waals surface area contributed by atoms with Crippen LogP contribution in [-0.4, -0.2) is 180 Å². The van der Waals surface area contributed by atoms with Crippen LogP contribution in [0.1, 0.15) is 125 Å². The van der Waals surface area contributed by atoms with E-state index in [0.717, 1.165) is 30.4 Å². The van der Waals surface area contributed by atoms with Gasteiger partial charge in [0.25, 0.3) is 11.8 Å². The van der Waals surface area contributed by atoms with Crippen molar-refractivity contribution in [3.8, 4) is 45.5 Å². The number of sulfonamides is 2. The van der Waals surface area contributed by atoms with Crippen molar-refractivity contribution in [3.63, 3.8) is 0 Å². The van der Waals surface area contributed by atoms with Gasteiger partial charge in [-0.1, -0.05) is 114 Å². The molecule has 4 saturated carbocycles. The van der Waals surface area contributed by atoms with Gasteiger partial charge >= 0.3 is 5.97 Å². The number of ether oxygens (including phenoxy) is 4. The average molecular weight is 1530 g/mol. The highest BCUT2D eigenvalue weighted by Gasteiger charge is 2.64. The summed E-state index contributed by atoms with van der Waals surface area (Å²) in [6.07, 6.45) is 6.26. The number of piperidine rings is 1. The predicted molar refractivity (Wildman–Crippen MR) is 408 cm³/mol. The number of amides is 7. The minimum atomic E-state index is -3.91. The number of carbonyl (C=O) groups is 8. The molecule has 4 unspecified atom stereocenters. The van der Waals surface area contributed by atoms with E-state index in [1.54, 1.807) is 53.2 Å². The van der Waals surface area contributed by atoms with Crippen LogP contribution in [0.3, 0.4) is 0 Å². The summed E-state index contributed by atoms with van der Waals surface area (Å²) in [6.45, 7) is 19.9. The summed E-state index contributed by atoms with van der Waals surface area (Å²) in [4.78, 5) is 125. The summed E-state index contributed by atoms with van der Waals surface area (Å²) in [6, 6.07) is 31.4. The SMILES string of the molecule is C=CC1CC1(NC(=O)[C@@H]1C[C@@H](Oc2cc(-c3ccccc3)nc3cc(OC)ccc23)CN1C(=O)[C@@H](CC(=O)N1CCCCC1)C(C)(C)C)C(=O)NS(=O)(=O)C1CC1.C=CC1CC1(NC(=O)[C@@H]1C[C@@H](Oc2cc(-c3ccccc3)nc3cc(OC)ccc23)CN1C(=O)[C@@H](CC(=O)O)C(C)(C)C)C(=O)NS(=O)(=O)C1CC1. The minimum absolute atomic E-state index is 0.0129. The molecule has 2 aromatic heterocycles. The van der Waals surface area contributed by atoms with Crippen molar-refractivity contribution in [2.45, 2.75) is 171 Å². The van der Waals surface area contributed by atoms with Crippen molar-refractivity contribution >= 4 is 89.2 Å². The van der Waals surface area contributed by atoms with E-state index in [2.05, 4.69) is 33.2 Å². The topological polar surface area (TPSA) is 346 Å².